The smallest absolute Gasteiger partial charge is 0.308 e. The summed E-state index contributed by atoms with van der Waals surface area (Å²) in [5.74, 6) is -12.5. The number of alkyl halides is 1. The predicted octanol–water partition coefficient (Wildman–Crippen LogP) is 1.47. The number of rotatable bonds is 7. The van der Waals surface area contributed by atoms with Crippen LogP contribution in [-0.4, -0.2) is 67.2 Å². The van der Waals surface area contributed by atoms with Crippen LogP contribution in [0.3, 0.4) is 0 Å². The van der Waals surface area contributed by atoms with Crippen LogP contribution in [0.15, 0.2) is 91.0 Å². The van der Waals surface area contributed by atoms with Crippen molar-refractivity contribution in [2.45, 2.75) is 29.5 Å². The number of ketones is 3. The Hall–Kier alpha value is -3.60. The Morgan fingerprint density at radius 3 is 1.57 bits per heavy atom. The normalized spacial score (nSPS) is 28.9. The van der Waals surface area contributed by atoms with Gasteiger partial charge >= 0.3 is 5.85 Å². The number of carbonyl (C=O) groups excluding carboxylic acids is 3. The second kappa shape index (κ2) is 8.88. The summed E-state index contributed by atoms with van der Waals surface area (Å²) in [6.45, 7) is 0. The van der Waals surface area contributed by atoms with Crippen LogP contribution in [0.1, 0.15) is 31.1 Å². The fourth-order valence-corrected chi connectivity index (χ4v) is 4.08. The largest absolute Gasteiger partial charge is 0.382 e. The number of aliphatic hydroxyl groups excluding tert-OH is 1. The number of halogens is 1. The summed E-state index contributed by atoms with van der Waals surface area (Å²) >= 11 is 0. The SMILES string of the molecule is O=C(c1ccccc1)C(O)[C@H]1O[C@@](O)(C(=O)c2ccccc2)[C@](O)(F)[C@@]1(O)C(=O)c1ccccc1. The topological polar surface area (TPSA) is 141 Å². The van der Waals surface area contributed by atoms with E-state index in [4.69, 9.17) is 4.74 Å². The van der Waals surface area contributed by atoms with Crippen molar-refractivity contribution in [2.75, 3.05) is 0 Å². The lowest BCUT2D eigenvalue weighted by atomic mass is 9.76. The van der Waals surface area contributed by atoms with Gasteiger partial charge in [0, 0.05) is 16.7 Å². The summed E-state index contributed by atoms with van der Waals surface area (Å²) in [5.41, 5.74) is -4.52. The van der Waals surface area contributed by atoms with Crippen LogP contribution >= 0.6 is 0 Å². The maximum atomic E-state index is 16.1. The van der Waals surface area contributed by atoms with E-state index in [0.717, 1.165) is 0 Å². The number of ether oxygens (including phenoxy) is 1. The van der Waals surface area contributed by atoms with Crippen LogP contribution in [0, 0.1) is 0 Å². The minimum absolute atomic E-state index is 0.0923. The van der Waals surface area contributed by atoms with Crippen molar-refractivity contribution in [1.82, 2.24) is 0 Å². The fraction of sp³-hybridized carbons (Fsp3) is 0.192. The first-order valence-corrected chi connectivity index (χ1v) is 10.6. The van der Waals surface area contributed by atoms with Gasteiger partial charge in [-0.05, 0) is 0 Å². The Labute approximate surface area is 198 Å². The number of hydrogen-bond acceptors (Lipinski definition) is 8. The summed E-state index contributed by atoms with van der Waals surface area (Å²) in [6.07, 6.45) is -5.04. The molecule has 1 aliphatic rings. The Morgan fingerprint density at radius 1 is 0.714 bits per heavy atom. The van der Waals surface area contributed by atoms with Gasteiger partial charge in [0.2, 0.25) is 17.2 Å². The number of carbonyl (C=O) groups is 3. The van der Waals surface area contributed by atoms with Crippen LogP contribution in [0.5, 0.6) is 0 Å². The molecule has 0 spiro atoms. The van der Waals surface area contributed by atoms with E-state index < -0.39 is 46.8 Å². The molecule has 180 valence electrons. The van der Waals surface area contributed by atoms with Gasteiger partial charge in [-0.2, -0.15) is 0 Å². The monoisotopic (exact) mass is 480 g/mol. The van der Waals surface area contributed by atoms with Crippen LogP contribution in [0.2, 0.25) is 0 Å². The first-order chi connectivity index (χ1) is 16.6. The molecule has 9 heteroatoms. The maximum absolute atomic E-state index is 16.1. The van der Waals surface area contributed by atoms with Crippen molar-refractivity contribution in [1.29, 1.82) is 0 Å². The van der Waals surface area contributed by atoms with Gasteiger partial charge in [-0.3, -0.25) is 14.4 Å². The molecule has 1 saturated heterocycles. The zero-order valence-electron chi connectivity index (χ0n) is 18.1. The minimum Gasteiger partial charge on any atom is -0.382 e. The minimum atomic E-state index is -4.48. The van der Waals surface area contributed by atoms with Gasteiger partial charge in [0.05, 0.1) is 0 Å². The molecule has 3 aromatic carbocycles. The van der Waals surface area contributed by atoms with Crippen LogP contribution in [0.25, 0.3) is 0 Å². The quantitative estimate of drug-likeness (QED) is 0.373. The molecule has 0 amide bonds. The highest BCUT2D eigenvalue weighted by atomic mass is 19.2. The Kier molecular flexibility index (Phi) is 6.22. The van der Waals surface area contributed by atoms with Crippen LogP contribution in [0.4, 0.5) is 4.39 Å². The van der Waals surface area contributed by atoms with E-state index in [9.17, 15) is 34.8 Å². The second-order valence-corrected chi connectivity index (χ2v) is 8.14. The lowest BCUT2D eigenvalue weighted by molar-refractivity contribution is -0.291. The van der Waals surface area contributed by atoms with Crippen LogP contribution in [-0.2, 0) is 4.74 Å². The highest BCUT2D eigenvalue weighted by Gasteiger charge is 2.81. The van der Waals surface area contributed by atoms with Crippen molar-refractivity contribution in [2.24, 2.45) is 0 Å². The molecule has 1 heterocycles. The lowest BCUT2D eigenvalue weighted by Crippen LogP contribution is -2.68. The molecule has 1 aliphatic heterocycles. The average Bonchev–Trinajstić information content (AvgIpc) is 3.07. The molecule has 4 rings (SSSR count). The van der Waals surface area contributed by atoms with Gasteiger partial charge < -0.3 is 25.2 Å². The van der Waals surface area contributed by atoms with Gasteiger partial charge in [-0.25, -0.2) is 4.39 Å². The summed E-state index contributed by atoms with van der Waals surface area (Å²) < 4.78 is 21.2. The Balaban J connectivity index is 1.86. The molecule has 0 aliphatic carbocycles. The molecule has 5 atom stereocenters. The molecule has 8 nitrogen and oxygen atoms in total. The van der Waals surface area contributed by atoms with Gasteiger partial charge in [0.15, 0.2) is 5.78 Å². The third-order valence-corrected chi connectivity index (χ3v) is 6.00. The van der Waals surface area contributed by atoms with Crippen molar-refractivity contribution in [3.8, 4) is 0 Å². The molecule has 1 unspecified atom stereocenters. The molecule has 0 bridgehead atoms. The summed E-state index contributed by atoms with van der Waals surface area (Å²) in [5, 5.41) is 44.0. The predicted molar refractivity (Wildman–Crippen MR) is 119 cm³/mol. The van der Waals surface area contributed by atoms with E-state index in [1.54, 1.807) is 6.07 Å². The maximum Gasteiger partial charge on any atom is 0.308 e. The van der Waals surface area contributed by atoms with E-state index in [-0.39, 0.29) is 16.7 Å². The van der Waals surface area contributed by atoms with E-state index >= 15 is 4.39 Å². The standard InChI is InChI=1S/C26H21FO8/c27-26(34)24(32,21(30)17-12-6-2-7-13-17)23(20(29)19(28)16-10-4-1-5-11-16)35-25(26,33)22(31)18-14-8-3-9-15-18/h1-15,20,23,29,32-34H/t20?,23-,24-,25+,26+/m1/s1. The van der Waals surface area contributed by atoms with E-state index in [1.807, 2.05) is 0 Å². The van der Waals surface area contributed by atoms with Gasteiger partial charge in [-0.15, -0.1) is 0 Å². The third kappa shape index (κ3) is 3.70. The van der Waals surface area contributed by atoms with Gasteiger partial charge in [-0.1, -0.05) is 91.0 Å². The average molecular weight is 480 g/mol. The molecule has 1 fully saturated rings. The highest BCUT2D eigenvalue weighted by Crippen LogP contribution is 2.50. The van der Waals surface area contributed by atoms with Gasteiger partial charge in [0.25, 0.3) is 5.79 Å². The first-order valence-electron chi connectivity index (χ1n) is 10.6. The third-order valence-electron chi connectivity index (χ3n) is 6.00. The van der Waals surface area contributed by atoms with E-state index in [2.05, 4.69) is 0 Å². The summed E-state index contributed by atoms with van der Waals surface area (Å²) in [6, 6.07) is 20.4. The van der Waals surface area contributed by atoms with Gasteiger partial charge in [0.1, 0.15) is 12.2 Å². The van der Waals surface area contributed by atoms with Crippen molar-refractivity contribution >= 4 is 17.3 Å². The second-order valence-electron chi connectivity index (χ2n) is 8.14. The Bertz CT molecular complexity index is 1250. The molecule has 0 aromatic heterocycles. The summed E-state index contributed by atoms with van der Waals surface area (Å²) in [7, 11) is 0. The highest BCUT2D eigenvalue weighted by molar-refractivity contribution is 6.09. The van der Waals surface area contributed by atoms with Crippen molar-refractivity contribution in [3.63, 3.8) is 0 Å². The van der Waals surface area contributed by atoms with Crippen molar-refractivity contribution < 1.29 is 43.9 Å². The van der Waals surface area contributed by atoms with E-state index in [0.29, 0.717) is 0 Å². The summed E-state index contributed by atoms with van der Waals surface area (Å²) in [4.78, 5) is 39.3. The number of Topliss-reactive ketones (excluding diaryl/α,β-unsaturated/α-hetero) is 3. The molecular formula is C26H21FO8. The number of benzene rings is 3. The van der Waals surface area contributed by atoms with Crippen molar-refractivity contribution in [3.05, 3.63) is 108 Å². The number of hydrogen-bond donors (Lipinski definition) is 4. The first kappa shape index (κ1) is 24.5. The lowest BCUT2D eigenvalue weighted by Gasteiger charge is -2.36. The molecule has 0 saturated carbocycles. The number of aliphatic hydroxyl groups is 4. The fourth-order valence-electron chi connectivity index (χ4n) is 4.08. The molecule has 3 aromatic rings. The molecule has 0 radical (unpaired) electrons. The molecular weight excluding hydrogens is 459 g/mol. The molecule has 4 N–H and O–H groups in total. The zero-order valence-corrected chi connectivity index (χ0v) is 18.1. The van der Waals surface area contributed by atoms with Crippen LogP contribution < -0.4 is 0 Å². The zero-order chi connectivity index (χ0) is 25.4. The Morgan fingerprint density at radius 2 is 1.11 bits per heavy atom. The van der Waals surface area contributed by atoms with E-state index in [1.165, 1.54) is 84.9 Å². The molecule has 35 heavy (non-hydrogen) atoms.